The summed E-state index contributed by atoms with van der Waals surface area (Å²) in [5.74, 6) is -1.31. The molecular weight excluding hydrogens is 314 g/mol. The fraction of sp³-hybridized carbons (Fsp3) is 0.143. The van der Waals surface area contributed by atoms with Crippen LogP contribution in [0.1, 0.15) is 5.56 Å². The third-order valence-corrected chi connectivity index (χ3v) is 3.28. The van der Waals surface area contributed by atoms with Crippen molar-refractivity contribution in [2.75, 3.05) is 17.7 Å². The summed E-state index contributed by atoms with van der Waals surface area (Å²) < 4.78 is 28.5. The maximum Gasteiger partial charge on any atom is 0.151 e. The Labute approximate surface area is 119 Å². The van der Waals surface area contributed by atoms with Gasteiger partial charge in [-0.3, -0.25) is 0 Å². The first kappa shape index (κ1) is 13.8. The second-order valence-electron chi connectivity index (χ2n) is 4.32. The molecule has 0 aromatic heterocycles. The van der Waals surface area contributed by atoms with Gasteiger partial charge in [0.1, 0.15) is 5.69 Å². The molecule has 0 fully saturated rings. The second-order valence-corrected chi connectivity index (χ2v) is 5.23. The number of hydrogen-bond acceptors (Lipinski definition) is 2. The average molecular weight is 327 g/mol. The molecule has 100 valence electrons. The van der Waals surface area contributed by atoms with Gasteiger partial charge in [0.05, 0.1) is 0 Å². The zero-order valence-corrected chi connectivity index (χ0v) is 11.9. The minimum atomic E-state index is -0.655. The minimum absolute atomic E-state index is 0.0721. The summed E-state index contributed by atoms with van der Waals surface area (Å²) in [6.07, 6.45) is 0. The van der Waals surface area contributed by atoms with Gasteiger partial charge in [-0.05, 0) is 29.8 Å². The lowest BCUT2D eigenvalue weighted by atomic mass is 10.2. The third kappa shape index (κ3) is 3.23. The highest BCUT2D eigenvalue weighted by atomic mass is 79.9. The molecule has 19 heavy (non-hydrogen) atoms. The lowest BCUT2D eigenvalue weighted by Crippen LogP contribution is -2.19. The number of nitrogen functional groups attached to an aromatic ring is 1. The molecule has 0 bridgehead atoms. The first-order valence-corrected chi connectivity index (χ1v) is 6.47. The van der Waals surface area contributed by atoms with Gasteiger partial charge in [0, 0.05) is 23.8 Å². The van der Waals surface area contributed by atoms with Crippen molar-refractivity contribution >= 4 is 27.3 Å². The van der Waals surface area contributed by atoms with Crippen LogP contribution in [0.25, 0.3) is 0 Å². The lowest BCUT2D eigenvalue weighted by molar-refractivity contribution is 0.578. The number of rotatable bonds is 3. The molecule has 0 amide bonds. The number of nitrogens with zero attached hydrogens (tertiary/aromatic N) is 1. The Balaban J connectivity index is 2.25. The summed E-state index contributed by atoms with van der Waals surface area (Å²) in [6.45, 7) is 0.408. The summed E-state index contributed by atoms with van der Waals surface area (Å²) in [7, 11) is 1.64. The summed E-state index contributed by atoms with van der Waals surface area (Å²) >= 11 is 3.34. The Morgan fingerprint density at radius 1 is 1.11 bits per heavy atom. The van der Waals surface area contributed by atoms with E-state index in [0.29, 0.717) is 6.54 Å². The standard InChI is InChI=1S/C14H13BrF2N2/c1-19(8-9-2-4-10(15)5-3-9)14-12(16)6-11(18)7-13(14)17/h2-7H,8,18H2,1H3. The van der Waals surface area contributed by atoms with E-state index in [1.807, 2.05) is 24.3 Å². The van der Waals surface area contributed by atoms with Crippen LogP contribution in [0.4, 0.5) is 20.2 Å². The summed E-state index contributed by atoms with van der Waals surface area (Å²) in [6, 6.07) is 9.81. The number of nitrogens with two attached hydrogens (primary N) is 1. The van der Waals surface area contributed by atoms with Crippen molar-refractivity contribution in [3.8, 4) is 0 Å². The second kappa shape index (κ2) is 5.57. The smallest absolute Gasteiger partial charge is 0.151 e. The molecule has 0 aliphatic rings. The maximum atomic E-state index is 13.8. The zero-order chi connectivity index (χ0) is 14.0. The van der Waals surface area contributed by atoms with Crippen LogP contribution >= 0.6 is 15.9 Å². The number of hydrogen-bond donors (Lipinski definition) is 1. The van der Waals surface area contributed by atoms with Crippen molar-refractivity contribution in [1.82, 2.24) is 0 Å². The van der Waals surface area contributed by atoms with Crippen molar-refractivity contribution in [1.29, 1.82) is 0 Å². The first-order valence-electron chi connectivity index (χ1n) is 5.67. The molecule has 0 aliphatic carbocycles. The van der Waals surface area contributed by atoms with Gasteiger partial charge < -0.3 is 10.6 Å². The highest BCUT2D eigenvalue weighted by Crippen LogP contribution is 2.26. The highest BCUT2D eigenvalue weighted by molar-refractivity contribution is 9.10. The van der Waals surface area contributed by atoms with Crippen molar-refractivity contribution < 1.29 is 8.78 Å². The van der Waals surface area contributed by atoms with Crippen LogP contribution < -0.4 is 10.6 Å². The summed E-state index contributed by atoms with van der Waals surface area (Å²) in [5.41, 5.74) is 6.36. The third-order valence-electron chi connectivity index (χ3n) is 2.75. The Hall–Kier alpha value is -1.62. The van der Waals surface area contributed by atoms with E-state index in [-0.39, 0.29) is 11.4 Å². The van der Waals surface area contributed by atoms with Gasteiger partial charge in [0.2, 0.25) is 0 Å². The van der Waals surface area contributed by atoms with E-state index in [9.17, 15) is 8.78 Å². The average Bonchev–Trinajstić information content (AvgIpc) is 2.30. The van der Waals surface area contributed by atoms with E-state index in [1.54, 1.807) is 7.05 Å². The van der Waals surface area contributed by atoms with Gasteiger partial charge >= 0.3 is 0 Å². The van der Waals surface area contributed by atoms with Gasteiger partial charge in [0.15, 0.2) is 11.6 Å². The molecule has 0 radical (unpaired) electrons. The van der Waals surface area contributed by atoms with Crippen LogP contribution in [-0.2, 0) is 6.54 Å². The van der Waals surface area contributed by atoms with Crippen LogP contribution in [0.15, 0.2) is 40.9 Å². The highest BCUT2D eigenvalue weighted by Gasteiger charge is 2.14. The van der Waals surface area contributed by atoms with E-state index in [1.165, 1.54) is 4.90 Å². The molecule has 0 unspecified atom stereocenters. The predicted octanol–water partition coefficient (Wildman–Crippen LogP) is 3.95. The normalized spacial score (nSPS) is 10.5. The van der Waals surface area contributed by atoms with E-state index < -0.39 is 11.6 Å². The molecule has 0 aliphatic heterocycles. The first-order chi connectivity index (χ1) is 8.97. The molecule has 2 aromatic rings. The van der Waals surface area contributed by atoms with Crippen LogP contribution in [0.3, 0.4) is 0 Å². The van der Waals surface area contributed by atoms with Crippen LogP contribution in [0.2, 0.25) is 0 Å². The van der Waals surface area contributed by atoms with Gasteiger partial charge in [-0.1, -0.05) is 28.1 Å². The molecular formula is C14H13BrF2N2. The van der Waals surface area contributed by atoms with Crippen LogP contribution in [-0.4, -0.2) is 7.05 Å². The number of halogens is 3. The fourth-order valence-corrected chi connectivity index (χ4v) is 2.16. The van der Waals surface area contributed by atoms with E-state index in [0.717, 1.165) is 22.2 Å². The summed E-state index contributed by atoms with van der Waals surface area (Å²) in [4.78, 5) is 1.52. The van der Waals surface area contributed by atoms with Crippen LogP contribution in [0, 0.1) is 11.6 Å². The molecule has 2 nitrogen and oxygen atoms in total. The molecule has 0 spiro atoms. The van der Waals surface area contributed by atoms with Crippen molar-refractivity contribution in [3.05, 3.63) is 58.1 Å². The monoisotopic (exact) mass is 326 g/mol. The Morgan fingerprint density at radius 2 is 1.63 bits per heavy atom. The molecule has 5 heteroatoms. The SMILES string of the molecule is CN(Cc1ccc(Br)cc1)c1c(F)cc(N)cc1F. The van der Waals surface area contributed by atoms with E-state index in [2.05, 4.69) is 15.9 Å². The molecule has 2 N–H and O–H groups in total. The van der Waals surface area contributed by atoms with Gasteiger partial charge in [-0.25, -0.2) is 8.78 Å². The Morgan fingerprint density at radius 3 is 2.16 bits per heavy atom. The summed E-state index contributed by atoms with van der Waals surface area (Å²) in [5, 5.41) is 0. The Kier molecular flexibility index (Phi) is 4.04. The van der Waals surface area contributed by atoms with Gasteiger partial charge in [-0.15, -0.1) is 0 Å². The molecule has 0 atom stereocenters. The topological polar surface area (TPSA) is 29.3 Å². The van der Waals surface area contributed by atoms with Crippen LogP contribution in [0.5, 0.6) is 0 Å². The largest absolute Gasteiger partial charge is 0.399 e. The Bertz CT molecular complexity index is 561. The molecule has 0 saturated carbocycles. The van der Waals surface area contributed by atoms with Crippen molar-refractivity contribution in [2.45, 2.75) is 6.54 Å². The lowest BCUT2D eigenvalue weighted by Gasteiger charge is -2.21. The van der Waals surface area contributed by atoms with Gasteiger partial charge in [0.25, 0.3) is 0 Å². The molecule has 0 saturated heterocycles. The molecule has 0 heterocycles. The van der Waals surface area contributed by atoms with Gasteiger partial charge in [-0.2, -0.15) is 0 Å². The quantitative estimate of drug-likeness (QED) is 0.865. The van der Waals surface area contributed by atoms with Crippen molar-refractivity contribution in [3.63, 3.8) is 0 Å². The zero-order valence-electron chi connectivity index (χ0n) is 10.3. The van der Waals surface area contributed by atoms with Crippen molar-refractivity contribution in [2.24, 2.45) is 0 Å². The number of anilines is 2. The number of benzene rings is 2. The van der Waals surface area contributed by atoms with E-state index >= 15 is 0 Å². The minimum Gasteiger partial charge on any atom is -0.399 e. The molecule has 2 rings (SSSR count). The van der Waals surface area contributed by atoms with E-state index in [4.69, 9.17) is 5.73 Å². The maximum absolute atomic E-state index is 13.8. The fourth-order valence-electron chi connectivity index (χ4n) is 1.89. The predicted molar refractivity (Wildman–Crippen MR) is 77.0 cm³/mol. The molecule has 2 aromatic carbocycles.